The van der Waals surface area contributed by atoms with E-state index in [1.165, 1.54) is 36.1 Å². The van der Waals surface area contributed by atoms with Crippen LogP contribution in [-0.4, -0.2) is 45.7 Å². The van der Waals surface area contributed by atoms with Gasteiger partial charge < -0.3 is 14.8 Å². The van der Waals surface area contributed by atoms with Crippen LogP contribution in [-0.2, 0) is 9.53 Å². The molecule has 9 nitrogen and oxygen atoms in total. The average Bonchev–Trinajstić information content (AvgIpc) is 3.26. The van der Waals surface area contributed by atoms with E-state index in [9.17, 15) is 14.0 Å². The van der Waals surface area contributed by atoms with Crippen LogP contribution in [0.4, 0.5) is 10.3 Å². The molecule has 0 saturated carbocycles. The van der Waals surface area contributed by atoms with Gasteiger partial charge in [0.2, 0.25) is 5.95 Å². The molecular formula is C21H18FN5O4. The number of Topliss-reactive ketones (excluding diaryl/α,β-unsaturated/α-hetero) is 1. The van der Waals surface area contributed by atoms with Gasteiger partial charge in [-0.15, -0.1) is 0 Å². The van der Waals surface area contributed by atoms with E-state index in [-0.39, 0.29) is 17.2 Å². The van der Waals surface area contributed by atoms with Crippen LogP contribution in [0.15, 0.2) is 59.8 Å². The molecule has 4 rings (SSSR count). The number of methoxy groups -OCH3 is 1. The highest BCUT2D eigenvalue weighted by Crippen LogP contribution is 2.36. The van der Waals surface area contributed by atoms with Gasteiger partial charge in [0.1, 0.15) is 23.3 Å². The van der Waals surface area contributed by atoms with Gasteiger partial charge in [0.05, 0.1) is 19.3 Å². The Labute approximate surface area is 176 Å². The Balaban J connectivity index is 1.87. The Hall–Kier alpha value is -4.08. The number of anilines is 1. The minimum absolute atomic E-state index is 0.0717. The van der Waals surface area contributed by atoms with E-state index in [1.807, 2.05) is 6.92 Å². The van der Waals surface area contributed by atoms with Gasteiger partial charge in [-0.05, 0) is 59.3 Å². The molecule has 1 atom stereocenters. The number of esters is 1. The van der Waals surface area contributed by atoms with E-state index in [0.717, 1.165) is 0 Å². The quantitative estimate of drug-likeness (QED) is 0.476. The second-order valence-electron chi connectivity index (χ2n) is 6.59. The Kier molecular flexibility index (Phi) is 5.44. The molecule has 1 N–H and O–H groups in total. The minimum atomic E-state index is -0.875. The van der Waals surface area contributed by atoms with Gasteiger partial charge in [0, 0.05) is 5.56 Å². The van der Waals surface area contributed by atoms with Gasteiger partial charge in [-0.3, -0.25) is 4.79 Å². The molecule has 0 amide bonds. The number of ether oxygens (including phenoxy) is 2. The molecule has 2 heterocycles. The summed E-state index contributed by atoms with van der Waals surface area (Å²) in [6, 6.07) is 11.2. The standard InChI is InChI=1S/C21H18FN5O4/c1-3-31-15-10-6-13(7-11-15)19(28)16-17(20(29)30-2)23-21-24-25-26-27(21)18(16)12-4-8-14(22)9-5-12/h4-11,18H,3H2,1-2H3,(H,23,24,26)/t18-/m0/s1. The Morgan fingerprint density at radius 1 is 1.13 bits per heavy atom. The fourth-order valence-corrected chi connectivity index (χ4v) is 3.37. The summed E-state index contributed by atoms with van der Waals surface area (Å²) in [6.45, 7) is 2.35. The monoisotopic (exact) mass is 423 g/mol. The van der Waals surface area contributed by atoms with Crippen molar-refractivity contribution in [2.45, 2.75) is 13.0 Å². The second-order valence-corrected chi connectivity index (χ2v) is 6.59. The molecule has 0 spiro atoms. The number of fused-ring (bicyclic) bond motifs is 1. The number of carbonyl (C=O) groups is 2. The molecule has 1 aliphatic heterocycles. The molecule has 2 aromatic carbocycles. The fraction of sp³-hybridized carbons (Fsp3) is 0.190. The minimum Gasteiger partial charge on any atom is -0.494 e. The highest BCUT2D eigenvalue weighted by atomic mass is 19.1. The molecule has 0 aliphatic carbocycles. The molecule has 1 aromatic heterocycles. The summed E-state index contributed by atoms with van der Waals surface area (Å²) in [7, 11) is 1.21. The predicted octanol–water partition coefficient (Wildman–Crippen LogP) is 2.54. The maximum absolute atomic E-state index is 13.6. The lowest BCUT2D eigenvalue weighted by atomic mass is 9.89. The second kappa shape index (κ2) is 8.34. The first-order valence-corrected chi connectivity index (χ1v) is 9.44. The predicted molar refractivity (Wildman–Crippen MR) is 107 cm³/mol. The van der Waals surface area contributed by atoms with E-state index >= 15 is 0 Å². The summed E-state index contributed by atoms with van der Waals surface area (Å²) >= 11 is 0. The van der Waals surface area contributed by atoms with Crippen molar-refractivity contribution in [2.75, 3.05) is 19.0 Å². The number of rotatable bonds is 6. The SMILES string of the molecule is CCOc1ccc(C(=O)C2=C(C(=O)OC)Nc3nnnn3[C@H]2c2ccc(F)cc2)cc1. The number of halogens is 1. The number of ketones is 1. The lowest BCUT2D eigenvalue weighted by Gasteiger charge is -2.28. The third-order valence-corrected chi connectivity index (χ3v) is 4.76. The van der Waals surface area contributed by atoms with Crippen LogP contribution >= 0.6 is 0 Å². The number of hydrogen-bond acceptors (Lipinski definition) is 8. The molecule has 10 heteroatoms. The third-order valence-electron chi connectivity index (χ3n) is 4.76. The molecule has 0 saturated heterocycles. The highest BCUT2D eigenvalue weighted by Gasteiger charge is 2.38. The maximum atomic E-state index is 13.6. The number of aromatic nitrogens is 4. The van der Waals surface area contributed by atoms with Gasteiger partial charge in [0.15, 0.2) is 5.78 Å². The maximum Gasteiger partial charge on any atom is 0.355 e. The van der Waals surface area contributed by atoms with E-state index in [4.69, 9.17) is 9.47 Å². The summed E-state index contributed by atoms with van der Waals surface area (Å²) < 4.78 is 25.2. The van der Waals surface area contributed by atoms with Crippen molar-refractivity contribution >= 4 is 17.7 Å². The van der Waals surface area contributed by atoms with Crippen LogP contribution in [0, 0.1) is 5.82 Å². The zero-order valence-electron chi connectivity index (χ0n) is 16.7. The van der Waals surface area contributed by atoms with Crippen molar-refractivity contribution in [3.05, 3.63) is 76.7 Å². The lowest BCUT2D eigenvalue weighted by molar-refractivity contribution is -0.136. The van der Waals surface area contributed by atoms with Crippen LogP contribution in [0.25, 0.3) is 0 Å². The summed E-state index contributed by atoms with van der Waals surface area (Å²) in [5, 5.41) is 14.2. The number of nitrogens with one attached hydrogen (secondary N) is 1. The van der Waals surface area contributed by atoms with E-state index in [2.05, 4.69) is 20.8 Å². The third kappa shape index (κ3) is 3.75. The van der Waals surface area contributed by atoms with Gasteiger partial charge >= 0.3 is 5.97 Å². The number of hydrogen-bond donors (Lipinski definition) is 1. The van der Waals surface area contributed by atoms with Crippen molar-refractivity contribution in [1.29, 1.82) is 0 Å². The largest absolute Gasteiger partial charge is 0.494 e. The number of carbonyl (C=O) groups excluding carboxylic acids is 2. The number of nitrogens with zero attached hydrogens (tertiary/aromatic N) is 4. The van der Waals surface area contributed by atoms with Crippen molar-refractivity contribution in [2.24, 2.45) is 0 Å². The Bertz CT molecular complexity index is 1160. The van der Waals surface area contributed by atoms with Gasteiger partial charge in [-0.25, -0.2) is 9.18 Å². The van der Waals surface area contributed by atoms with Crippen LogP contribution in [0.1, 0.15) is 28.9 Å². The molecule has 158 valence electrons. The van der Waals surface area contributed by atoms with Crippen molar-refractivity contribution in [3.63, 3.8) is 0 Å². The number of tetrazole rings is 1. The number of allylic oxidation sites excluding steroid dienone is 1. The summed E-state index contributed by atoms with van der Waals surface area (Å²) in [5.74, 6) is -0.868. The zero-order valence-corrected chi connectivity index (χ0v) is 16.7. The summed E-state index contributed by atoms with van der Waals surface area (Å²) in [5.41, 5.74) is 0.831. The van der Waals surface area contributed by atoms with Crippen LogP contribution in [0.5, 0.6) is 5.75 Å². The molecular weight excluding hydrogens is 405 g/mol. The number of benzene rings is 2. The zero-order chi connectivity index (χ0) is 22.0. The molecule has 1 aliphatic rings. The topological polar surface area (TPSA) is 108 Å². The summed E-state index contributed by atoms with van der Waals surface area (Å²) in [4.78, 5) is 26.1. The highest BCUT2D eigenvalue weighted by molar-refractivity contribution is 6.14. The lowest BCUT2D eigenvalue weighted by Crippen LogP contribution is -2.32. The normalized spacial score (nSPS) is 15.1. The van der Waals surface area contributed by atoms with E-state index in [1.54, 1.807) is 24.3 Å². The molecule has 0 fully saturated rings. The molecule has 0 radical (unpaired) electrons. The Morgan fingerprint density at radius 3 is 2.48 bits per heavy atom. The first-order chi connectivity index (χ1) is 15.0. The van der Waals surface area contributed by atoms with Crippen LogP contribution in [0.2, 0.25) is 0 Å². The Morgan fingerprint density at radius 2 is 1.84 bits per heavy atom. The van der Waals surface area contributed by atoms with Crippen LogP contribution < -0.4 is 10.1 Å². The molecule has 31 heavy (non-hydrogen) atoms. The molecule has 0 unspecified atom stereocenters. The van der Waals surface area contributed by atoms with Crippen molar-refractivity contribution in [1.82, 2.24) is 20.2 Å². The van der Waals surface area contributed by atoms with Crippen LogP contribution in [0.3, 0.4) is 0 Å². The fourth-order valence-electron chi connectivity index (χ4n) is 3.37. The molecule has 0 bridgehead atoms. The van der Waals surface area contributed by atoms with E-state index < -0.39 is 23.6 Å². The first-order valence-electron chi connectivity index (χ1n) is 9.44. The summed E-state index contributed by atoms with van der Waals surface area (Å²) in [6.07, 6.45) is 0. The van der Waals surface area contributed by atoms with Crippen molar-refractivity contribution < 1.29 is 23.5 Å². The molecule has 3 aromatic rings. The van der Waals surface area contributed by atoms with Crippen molar-refractivity contribution in [3.8, 4) is 5.75 Å². The van der Waals surface area contributed by atoms with Gasteiger partial charge in [-0.1, -0.05) is 17.2 Å². The smallest absolute Gasteiger partial charge is 0.355 e. The van der Waals surface area contributed by atoms with Gasteiger partial charge in [-0.2, -0.15) is 4.68 Å². The average molecular weight is 423 g/mol. The van der Waals surface area contributed by atoms with Gasteiger partial charge in [0.25, 0.3) is 0 Å². The first kappa shape index (κ1) is 20.2. The van der Waals surface area contributed by atoms with E-state index in [0.29, 0.717) is 23.5 Å².